The molecule has 1 saturated heterocycles. The van der Waals surface area contributed by atoms with Crippen LogP contribution in [0.1, 0.15) is 18.5 Å². The van der Waals surface area contributed by atoms with E-state index in [1.807, 2.05) is 24.0 Å². The number of aromatic nitrogens is 1. The monoisotopic (exact) mass is 265 g/mol. The molecule has 100 valence electrons. The van der Waals surface area contributed by atoms with E-state index in [4.69, 9.17) is 5.73 Å². The van der Waals surface area contributed by atoms with E-state index in [1.165, 1.54) is 30.0 Å². The van der Waals surface area contributed by atoms with E-state index in [-0.39, 0.29) is 5.54 Å². The molecule has 0 aromatic carbocycles. The van der Waals surface area contributed by atoms with Crippen LogP contribution < -0.4 is 5.73 Å². The maximum atomic E-state index is 6.04. The van der Waals surface area contributed by atoms with Gasteiger partial charge in [-0.1, -0.05) is 6.07 Å². The molecular formula is C14H23N3S. The number of likely N-dealkylation sites (N-methyl/N-ethyl adjacent to an activating group) is 1. The number of hydrogen-bond donors (Lipinski definition) is 1. The lowest BCUT2D eigenvalue weighted by Crippen LogP contribution is -2.54. The third kappa shape index (κ3) is 3.25. The molecule has 4 heteroatoms. The number of hydrogen-bond acceptors (Lipinski definition) is 4. The van der Waals surface area contributed by atoms with E-state index in [0.717, 1.165) is 19.5 Å². The maximum absolute atomic E-state index is 6.04. The van der Waals surface area contributed by atoms with Crippen LogP contribution in [0.2, 0.25) is 0 Å². The summed E-state index contributed by atoms with van der Waals surface area (Å²) in [7, 11) is 2.21. The van der Waals surface area contributed by atoms with E-state index < -0.39 is 0 Å². The van der Waals surface area contributed by atoms with Gasteiger partial charge in [-0.2, -0.15) is 11.8 Å². The van der Waals surface area contributed by atoms with Gasteiger partial charge in [-0.3, -0.25) is 9.88 Å². The van der Waals surface area contributed by atoms with Gasteiger partial charge >= 0.3 is 0 Å². The number of pyridine rings is 1. The number of rotatable bonds is 5. The van der Waals surface area contributed by atoms with Crippen LogP contribution in [0.15, 0.2) is 24.4 Å². The summed E-state index contributed by atoms with van der Waals surface area (Å²) in [5, 5.41) is 0. The van der Waals surface area contributed by atoms with Gasteiger partial charge in [0.15, 0.2) is 0 Å². The van der Waals surface area contributed by atoms with Crippen molar-refractivity contribution in [1.82, 2.24) is 9.88 Å². The molecular weight excluding hydrogens is 242 g/mol. The third-order valence-corrected chi connectivity index (χ3v) is 5.03. The highest BCUT2D eigenvalue weighted by Gasteiger charge is 2.34. The molecule has 0 atom stereocenters. The highest BCUT2D eigenvalue weighted by molar-refractivity contribution is 7.99. The van der Waals surface area contributed by atoms with Crippen LogP contribution in [0.25, 0.3) is 0 Å². The molecule has 1 aromatic rings. The van der Waals surface area contributed by atoms with Crippen molar-refractivity contribution in [3.63, 3.8) is 0 Å². The fourth-order valence-electron chi connectivity index (χ4n) is 2.56. The normalized spacial score (nSPS) is 19.1. The second-order valence-electron chi connectivity index (χ2n) is 5.03. The summed E-state index contributed by atoms with van der Waals surface area (Å²) in [5.74, 6) is 2.48. The Kier molecular flexibility index (Phi) is 5.03. The van der Waals surface area contributed by atoms with E-state index in [2.05, 4.69) is 29.1 Å². The fourth-order valence-corrected chi connectivity index (χ4v) is 3.81. The molecule has 0 amide bonds. The lowest BCUT2D eigenvalue weighted by atomic mass is 9.90. The molecule has 18 heavy (non-hydrogen) atoms. The van der Waals surface area contributed by atoms with Gasteiger partial charge in [-0.15, -0.1) is 0 Å². The van der Waals surface area contributed by atoms with Crippen LogP contribution >= 0.6 is 11.8 Å². The van der Waals surface area contributed by atoms with Crippen molar-refractivity contribution >= 4 is 11.8 Å². The predicted octanol–water partition coefficient (Wildman–Crippen LogP) is 1.78. The first-order chi connectivity index (χ1) is 8.77. The van der Waals surface area contributed by atoms with E-state index in [1.54, 1.807) is 0 Å². The minimum Gasteiger partial charge on any atom is -0.329 e. The van der Waals surface area contributed by atoms with Crippen LogP contribution in [-0.4, -0.2) is 47.1 Å². The second kappa shape index (κ2) is 6.55. The first-order valence-corrected chi connectivity index (χ1v) is 7.81. The average Bonchev–Trinajstić information content (AvgIpc) is 2.46. The molecule has 0 spiro atoms. The highest BCUT2D eigenvalue weighted by Crippen LogP contribution is 2.30. The minimum atomic E-state index is 0.222. The Balaban J connectivity index is 1.91. The Morgan fingerprint density at radius 2 is 2.17 bits per heavy atom. The molecule has 1 aliphatic rings. The molecule has 0 aliphatic carbocycles. The molecule has 3 nitrogen and oxygen atoms in total. The predicted molar refractivity (Wildman–Crippen MR) is 78.9 cm³/mol. The Bertz CT molecular complexity index is 349. The van der Waals surface area contributed by atoms with E-state index in [9.17, 15) is 0 Å². The van der Waals surface area contributed by atoms with Gasteiger partial charge in [-0.05, 0) is 43.5 Å². The summed E-state index contributed by atoms with van der Waals surface area (Å²) in [6, 6.07) is 6.12. The summed E-state index contributed by atoms with van der Waals surface area (Å²) >= 11 is 2.05. The van der Waals surface area contributed by atoms with Crippen LogP contribution in [0, 0.1) is 0 Å². The van der Waals surface area contributed by atoms with Gasteiger partial charge in [0, 0.05) is 36.9 Å². The smallest absolute Gasteiger partial charge is 0.0416 e. The van der Waals surface area contributed by atoms with Crippen LogP contribution in [0.5, 0.6) is 0 Å². The lowest BCUT2D eigenvalue weighted by Gasteiger charge is -2.44. The second-order valence-corrected chi connectivity index (χ2v) is 6.26. The Hall–Kier alpha value is -0.580. The molecule has 0 radical (unpaired) electrons. The number of nitrogens with two attached hydrogens (primary N) is 1. The zero-order valence-corrected chi connectivity index (χ0v) is 12.0. The average molecular weight is 265 g/mol. The first kappa shape index (κ1) is 13.8. The van der Waals surface area contributed by atoms with Crippen molar-refractivity contribution in [3.05, 3.63) is 30.1 Å². The van der Waals surface area contributed by atoms with Gasteiger partial charge in [0.25, 0.3) is 0 Å². The summed E-state index contributed by atoms with van der Waals surface area (Å²) < 4.78 is 0. The van der Waals surface area contributed by atoms with Gasteiger partial charge in [0.1, 0.15) is 0 Å². The van der Waals surface area contributed by atoms with Crippen LogP contribution in [0.4, 0.5) is 0 Å². The Labute approximate surface area is 114 Å². The molecule has 2 rings (SSSR count). The van der Waals surface area contributed by atoms with Gasteiger partial charge in [-0.25, -0.2) is 0 Å². The minimum absolute atomic E-state index is 0.222. The standard InChI is InChI=1S/C14H23N3S/c1-17(9-5-13-4-2-3-8-16-13)14(12-15)6-10-18-11-7-14/h2-4,8H,5-7,9-12,15H2,1H3. The number of thioether (sulfide) groups is 1. The zero-order chi connectivity index (χ0) is 12.8. The molecule has 0 bridgehead atoms. The highest BCUT2D eigenvalue weighted by atomic mass is 32.2. The first-order valence-electron chi connectivity index (χ1n) is 6.66. The summed E-state index contributed by atoms with van der Waals surface area (Å²) in [4.78, 5) is 6.84. The third-order valence-electron chi connectivity index (χ3n) is 4.04. The summed E-state index contributed by atoms with van der Waals surface area (Å²) in [6.07, 6.45) is 5.30. The summed E-state index contributed by atoms with van der Waals surface area (Å²) in [6.45, 7) is 1.81. The zero-order valence-electron chi connectivity index (χ0n) is 11.1. The van der Waals surface area contributed by atoms with Gasteiger partial charge < -0.3 is 5.73 Å². The lowest BCUT2D eigenvalue weighted by molar-refractivity contribution is 0.116. The van der Waals surface area contributed by atoms with Crippen molar-refractivity contribution < 1.29 is 0 Å². The quantitative estimate of drug-likeness (QED) is 0.881. The largest absolute Gasteiger partial charge is 0.329 e. The summed E-state index contributed by atoms with van der Waals surface area (Å²) in [5.41, 5.74) is 7.43. The molecule has 1 fully saturated rings. The van der Waals surface area contributed by atoms with Gasteiger partial charge in [0.05, 0.1) is 0 Å². The van der Waals surface area contributed by atoms with Crippen LogP contribution in [0.3, 0.4) is 0 Å². The van der Waals surface area contributed by atoms with E-state index >= 15 is 0 Å². The van der Waals surface area contributed by atoms with Crippen molar-refractivity contribution in [2.24, 2.45) is 5.73 Å². The SMILES string of the molecule is CN(CCc1ccccn1)C1(CN)CCSCC1. The molecule has 1 aromatic heterocycles. The van der Waals surface area contributed by atoms with Gasteiger partial charge in [0.2, 0.25) is 0 Å². The Morgan fingerprint density at radius 1 is 1.39 bits per heavy atom. The van der Waals surface area contributed by atoms with Crippen molar-refractivity contribution in [1.29, 1.82) is 0 Å². The Morgan fingerprint density at radius 3 is 2.78 bits per heavy atom. The maximum Gasteiger partial charge on any atom is 0.0416 e. The molecule has 0 saturated carbocycles. The molecule has 0 unspecified atom stereocenters. The van der Waals surface area contributed by atoms with Crippen molar-refractivity contribution in [2.75, 3.05) is 31.6 Å². The molecule has 2 N–H and O–H groups in total. The molecule has 2 heterocycles. The van der Waals surface area contributed by atoms with Crippen LogP contribution in [-0.2, 0) is 6.42 Å². The fraction of sp³-hybridized carbons (Fsp3) is 0.643. The van der Waals surface area contributed by atoms with Crippen molar-refractivity contribution in [2.45, 2.75) is 24.8 Å². The topological polar surface area (TPSA) is 42.2 Å². The van der Waals surface area contributed by atoms with Crippen molar-refractivity contribution in [3.8, 4) is 0 Å². The van der Waals surface area contributed by atoms with E-state index in [0.29, 0.717) is 0 Å². The molecule has 1 aliphatic heterocycles. The number of nitrogens with zero attached hydrogens (tertiary/aromatic N) is 2.